The third kappa shape index (κ3) is 2.03. The average molecular weight is 171 g/mol. The summed E-state index contributed by atoms with van der Waals surface area (Å²) in [5.74, 6) is 0. The Morgan fingerprint density at radius 1 is 1.45 bits per heavy atom. The van der Waals surface area contributed by atoms with Crippen LogP contribution in [0.5, 0.6) is 0 Å². The number of rotatable bonds is 1. The summed E-state index contributed by atoms with van der Waals surface area (Å²) < 4.78 is 29.5. The van der Waals surface area contributed by atoms with E-state index < -0.39 is 10.1 Å². The van der Waals surface area contributed by atoms with Gasteiger partial charge in [0.15, 0.2) is 0 Å². The Labute approximate surface area is 65.4 Å². The molecule has 3 nitrogen and oxygen atoms in total. The molecule has 0 saturated heterocycles. The van der Waals surface area contributed by atoms with E-state index in [0.29, 0.717) is 0 Å². The molecule has 1 rings (SSSR count). The summed E-state index contributed by atoms with van der Waals surface area (Å²) in [5.41, 5.74) is 0.831. The second-order valence-electron chi connectivity index (χ2n) is 2.18. The Morgan fingerprint density at radius 2 is 2.09 bits per heavy atom. The lowest BCUT2D eigenvalue weighted by Crippen LogP contribution is -1.97. The van der Waals surface area contributed by atoms with Crippen molar-refractivity contribution in [3.05, 3.63) is 29.8 Å². The molecule has 1 aromatic rings. The Bertz CT molecular complexity index is 336. The van der Waals surface area contributed by atoms with Crippen molar-refractivity contribution in [2.45, 2.75) is 11.8 Å². The predicted octanol–water partition coefficient (Wildman–Crippen LogP) is 1.04. The lowest BCUT2D eigenvalue weighted by atomic mass is 10.2. The van der Waals surface area contributed by atoms with Gasteiger partial charge < -0.3 is 0 Å². The van der Waals surface area contributed by atoms with Crippen LogP contribution in [0.25, 0.3) is 0 Å². The zero-order chi connectivity index (χ0) is 8.48. The van der Waals surface area contributed by atoms with Crippen LogP contribution in [0.1, 0.15) is 5.56 Å². The standard InChI is InChI=1S/C7H7O3S/c1-6-2-4-7(5-3-6)11(8,9)10/h2,4-5H,1H3,(H,8,9,10). The normalized spacial score (nSPS) is 11.5. The van der Waals surface area contributed by atoms with E-state index in [1.54, 1.807) is 13.0 Å². The molecular formula is C7H7O3S. The van der Waals surface area contributed by atoms with Gasteiger partial charge in [-0.15, -0.1) is 0 Å². The van der Waals surface area contributed by atoms with Crippen LogP contribution >= 0.6 is 0 Å². The Hall–Kier alpha value is -0.870. The highest BCUT2D eigenvalue weighted by atomic mass is 32.2. The highest BCUT2D eigenvalue weighted by molar-refractivity contribution is 7.85. The van der Waals surface area contributed by atoms with Gasteiger partial charge in [-0.3, -0.25) is 4.55 Å². The molecule has 0 heterocycles. The van der Waals surface area contributed by atoms with Crippen molar-refractivity contribution in [1.29, 1.82) is 0 Å². The van der Waals surface area contributed by atoms with Crippen LogP contribution in [-0.2, 0) is 10.1 Å². The van der Waals surface area contributed by atoms with Gasteiger partial charge in [-0.25, -0.2) is 0 Å². The first-order valence-corrected chi connectivity index (χ1v) is 4.40. The summed E-state index contributed by atoms with van der Waals surface area (Å²) in [4.78, 5) is -0.122. The zero-order valence-electron chi connectivity index (χ0n) is 5.90. The van der Waals surface area contributed by atoms with Crippen molar-refractivity contribution in [3.8, 4) is 0 Å². The van der Waals surface area contributed by atoms with Crippen LogP contribution in [0.4, 0.5) is 0 Å². The summed E-state index contributed by atoms with van der Waals surface area (Å²) in [5, 5.41) is 0. The predicted molar refractivity (Wildman–Crippen MR) is 39.8 cm³/mol. The highest BCUT2D eigenvalue weighted by Gasteiger charge is 2.06. The molecule has 0 unspecified atom stereocenters. The molecule has 1 radical (unpaired) electrons. The minimum atomic E-state index is -4.05. The van der Waals surface area contributed by atoms with E-state index in [9.17, 15) is 8.42 Å². The van der Waals surface area contributed by atoms with Crippen LogP contribution in [0, 0.1) is 13.0 Å². The van der Waals surface area contributed by atoms with Crippen LogP contribution in [0.15, 0.2) is 23.1 Å². The fraction of sp³-hybridized carbons (Fsp3) is 0.143. The molecule has 0 fully saturated rings. The fourth-order valence-electron chi connectivity index (χ4n) is 0.649. The van der Waals surface area contributed by atoms with Crippen LogP contribution < -0.4 is 0 Å². The molecule has 59 valence electrons. The molecule has 0 aliphatic heterocycles. The lowest BCUT2D eigenvalue weighted by Gasteiger charge is -1.95. The minimum absolute atomic E-state index is 0.122. The first-order chi connectivity index (χ1) is 5.00. The number of benzene rings is 1. The van der Waals surface area contributed by atoms with Gasteiger partial charge in [0.05, 0.1) is 4.90 Å². The molecule has 0 amide bonds. The maximum Gasteiger partial charge on any atom is 0.294 e. The molecule has 1 N–H and O–H groups in total. The summed E-state index contributed by atoms with van der Waals surface area (Å²) >= 11 is 0. The number of aryl methyl sites for hydroxylation is 1. The molecule has 0 aliphatic carbocycles. The van der Waals surface area contributed by atoms with Crippen molar-refractivity contribution in [2.75, 3.05) is 0 Å². The van der Waals surface area contributed by atoms with Crippen LogP contribution in [0.3, 0.4) is 0 Å². The van der Waals surface area contributed by atoms with Gasteiger partial charge >= 0.3 is 0 Å². The smallest absolute Gasteiger partial charge is 0.282 e. The van der Waals surface area contributed by atoms with Gasteiger partial charge in [0, 0.05) is 0 Å². The highest BCUT2D eigenvalue weighted by Crippen LogP contribution is 2.07. The molecule has 0 spiro atoms. The molecule has 0 aromatic heterocycles. The lowest BCUT2D eigenvalue weighted by molar-refractivity contribution is 0.483. The van der Waals surface area contributed by atoms with E-state index in [4.69, 9.17) is 4.55 Å². The minimum Gasteiger partial charge on any atom is -0.282 e. The van der Waals surface area contributed by atoms with Gasteiger partial charge in [0.25, 0.3) is 10.1 Å². The van der Waals surface area contributed by atoms with E-state index in [0.717, 1.165) is 5.56 Å². The fourth-order valence-corrected chi connectivity index (χ4v) is 1.10. The Morgan fingerprint density at radius 3 is 2.45 bits per heavy atom. The zero-order valence-corrected chi connectivity index (χ0v) is 6.72. The van der Waals surface area contributed by atoms with Gasteiger partial charge in [-0.1, -0.05) is 6.07 Å². The van der Waals surface area contributed by atoms with Gasteiger partial charge in [-0.2, -0.15) is 8.42 Å². The first-order valence-electron chi connectivity index (χ1n) is 2.96. The molecule has 0 atom stereocenters. The van der Waals surface area contributed by atoms with E-state index in [-0.39, 0.29) is 4.90 Å². The number of hydrogen-bond acceptors (Lipinski definition) is 2. The summed E-state index contributed by atoms with van der Waals surface area (Å²) in [6.07, 6.45) is 0. The molecule has 0 aliphatic rings. The molecule has 0 bridgehead atoms. The van der Waals surface area contributed by atoms with Crippen molar-refractivity contribution < 1.29 is 13.0 Å². The third-order valence-corrected chi connectivity index (χ3v) is 2.09. The Kier molecular flexibility index (Phi) is 1.97. The van der Waals surface area contributed by atoms with E-state index in [1.807, 2.05) is 0 Å². The Balaban J connectivity index is 3.20. The molecule has 1 aromatic carbocycles. The summed E-state index contributed by atoms with van der Waals surface area (Å²) in [6, 6.07) is 6.82. The maximum atomic E-state index is 10.5. The van der Waals surface area contributed by atoms with Crippen molar-refractivity contribution in [2.24, 2.45) is 0 Å². The largest absolute Gasteiger partial charge is 0.294 e. The molecule has 0 saturated carbocycles. The van der Waals surface area contributed by atoms with Crippen LogP contribution in [0.2, 0.25) is 0 Å². The maximum absolute atomic E-state index is 10.5. The topological polar surface area (TPSA) is 54.4 Å². The third-order valence-electron chi connectivity index (χ3n) is 1.24. The molecular weight excluding hydrogens is 164 g/mol. The SMILES string of the molecule is Cc1[c]cc(S(=O)(=O)O)cc1. The second kappa shape index (κ2) is 2.64. The van der Waals surface area contributed by atoms with E-state index >= 15 is 0 Å². The van der Waals surface area contributed by atoms with Crippen LogP contribution in [-0.4, -0.2) is 13.0 Å². The molecule has 4 heteroatoms. The van der Waals surface area contributed by atoms with Crippen molar-refractivity contribution >= 4 is 10.1 Å². The van der Waals surface area contributed by atoms with Gasteiger partial charge in [-0.05, 0) is 30.7 Å². The second-order valence-corrected chi connectivity index (χ2v) is 3.60. The number of hydrogen-bond donors (Lipinski definition) is 1. The van der Waals surface area contributed by atoms with E-state index in [2.05, 4.69) is 6.07 Å². The van der Waals surface area contributed by atoms with Gasteiger partial charge in [0.2, 0.25) is 0 Å². The summed E-state index contributed by atoms with van der Waals surface area (Å²) in [7, 11) is -4.05. The average Bonchev–Trinajstić information content (AvgIpc) is 1.86. The quantitative estimate of drug-likeness (QED) is 0.642. The van der Waals surface area contributed by atoms with Crippen molar-refractivity contribution in [3.63, 3.8) is 0 Å². The molecule has 11 heavy (non-hydrogen) atoms. The first kappa shape index (κ1) is 8.23. The summed E-state index contributed by atoms with van der Waals surface area (Å²) in [6.45, 7) is 1.79. The van der Waals surface area contributed by atoms with Crippen molar-refractivity contribution in [1.82, 2.24) is 0 Å². The van der Waals surface area contributed by atoms with E-state index in [1.165, 1.54) is 12.1 Å². The van der Waals surface area contributed by atoms with Gasteiger partial charge in [0.1, 0.15) is 0 Å². The monoisotopic (exact) mass is 171 g/mol.